The monoisotopic (exact) mass is 188 g/mol. The van der Waals surface area contributed by atoms with E-state index in [-0.39, 0.29) is 0 Å². The first-order valence-electron chi connectivity index (χ1n) is 5.10. The predicted molar refractivity (Wildman–Crippen MR) is 50.5 cm³/mol. The molecule has 1 saturated carbocycles. The van der Waals surface area contributed by atoms with Gasteiger partial charge in [0, 0.05) is 18.6 Å². The number of rotatable bonds is 1. The molecule has 70 valence electrons. The molecule has 0 aromatic rings. The van der Waals surface area contributed by atoms with Crippen LogP contribution in [-0.4, -0.2) is 18.6 Å². The first-order valence-corrected chi connectivity index (χ1v) is 5.53. The SMILES string of the molecule is ClC1CCCCC1C1CCOC1. The number of alkyl halides is 1. The smallest absolute Gasteiger partial charge is 0.0498 e. The van der Waals surface area contributed by atoms with E-state index in [4.69, 9.17) is 16.3 Å². The maximum absolute atomic E-state index is 6.31. The van der Waals surface area contributed by atoms with Crippen LogP contribution in [0.3, 0.4) is 0 Å². The Kier molecular flexibility index (Phi) is 2.92. The summed E-state index contributed by atoms with van der Waals surface area (Å²) in [6.45, 7) is 1.93. The highest BCUT2D eigenvalue weighted by Gasteiger charge is 2.32. The Morgan fingerprint density at radius 2 is 1.92 bits per heavy atom. The van der Waals surface area contributed by atoms with Crippen LogP contribution in [0.5, 0.6) is 0 Å². The molecule has 3 unspecified atom stereocenters. The molecule has 0 aromatic heterocycles. The summed E-state index contributed by atoms with van der Waals surface area (Å²) in [6, 6.07) is 0. The van der Waals surface area contributed by atoms with Crippen molar-refractivity contribution in [2.75, 3.05) is 13.2 Å². The van der Waals surface area contributed by atoms with E-state index in [1.165, 1.54) is 32.1 Å². The summed E-state index contributed by atoms with van der Waals surface area (Å²) in [5, 5.41) is 0.436. The Labute approximate surface area is 79.4 Å². The molecule has 2 aliphatic rings. The lowest BCUT2D eigenvalue weighted by atomic mass is 9.79. The minimum Gasteiger partial charge on any atom is -0.381 e. The second kappa shape index (κ2) is 3.97. The molecule has 2 heteroatoms. The second-order valence-electron chi connectivity index (χ2n) is 4.09. The third-order valence-electron chi connectivity index (χ3n) is 3.30. The second-order valence-corrected chi connectivity index (χ2v) is 4.65. The zero-order valence-electron chi connectivity index (χ0n) is 7.47. The average Bonchev–Trinajstić information content (AvgIpc) is 2.57. The molecule has 2 fully saturated rings. The number of ether oxygens (including phenoxy) is 1. The van der Waals surface area contributed by atoms with Gasteiger partial charge in [0.25, 0.3) is 0 Å². The fraction of sp³-hybridized carbons (Fsp3) is 1.00. The van der Waals surface area contributed by atoms with Crippen molar-refractivity contribution in [2.45, 2.75) is 37.5 Å². The summed E-state index contributed by atoms with van der Waals surface area (Å²) in [5.41, 5.74) is 0. The van der Waals surface area contributed by atoms with Crippen LogP contribution in [0.4, 0.5) is 0 Å². The van der Waals surface area contributed by atoms with E-state index in [0.717, 1.165) is 25.0 Å². The van der Waals surface area contributed by atoms with Crippen LogP contribution in [0.1, 0.15) is 32.1 Å². The fourth-order valence-electron chi connectivity index (χ4n) is 2.54. The van der Waals surface area contributed by atoms with Crippen molar-refractivity contribution in [3.63, 3.8) is 0 Å². The van der Waals surface area contributed by atoms with E-state index < -0.39 is 0 Å². The highest BCUT2D eigenvalue weighted by atomic mass is 35.5. The summed E-state index contributed by atoms with van der Waals surface area (Å²) in [6.07, 6.45) is 6.52. The van der Waals surface area contributed by atoms with Crippen molar-refractivity contribution >= 4 is 11.6 Å². The van der Waals surface area contributed by atoms with Crippen LogP contribution < -0.4 is 0 Å². The van der Waals surface area contributed by atoms with Crippen LogP contribution in [0, 0.1) is 11.8 Å². The van der Waals surface area contributed by atoms with Gasteiger partial charge in [-0.2, -0.15) is 0 Å². The van der Waals surface area contributed by atoms with Gasteiger partial charge >= 0.3 is 0 Å². The van der Waals surface area contributed by atoms with Gasteiger partial charge in [-0.1, -0.05) is 12.8 Å². The summed E-state index contributed by atoms with van der Waals surface area (Å²) in [5.74, 6) is 1.52. The predicted octanol–water partition coefficient (Wildman–Crippen LogP) is 2.82. The van der Waals surface area contributed by atoms with E-state index in [1.807, 2.05) is 0 Å². The highest BCUT2D eigenvalue weighted by Crippen LogP contribution is 2.37. The van der Waals surface area contributed by atoms with Gasteiger partial charge in [-0.25, -0.2) is 0 Å². The Hall–Kier alpha value is 0.250. The summed E-state index contributed by atoms with van der Waals surface area (Å²) in [7, 11) is 0. The Morgan fingerprint density at radius 3 is 2.58 bits per heavy atom. The lowest BCUT2D eigenvalue weighted by Gasteiger charge is -2.30. The van der Waals surface area contributed by atoms with Gasteiger partial charge in [0.15, 0.2) is 0 Å². The van der Waals surface area contributed by atoms with E-state index in [9.17, 15) is 0 Å². The molecule has 2 rings (SSSR count). The largest absolute Gasteiger partial charge is 0.381 e. The third kappa shape index (κ3) is 1.77. The molecule has 0 N–H and O–H groups in total. The van der Waals surface area contributed by atoms with Crippen molar-refractivity contribution in [1.82, 2.24) is 0 Å². The summed E-state index contributed by atoms with van der Waals surface area (Å²) in [4.78, 5) is 0. The maximum atomic E-state index is 6.31. The number of hydrogen-bond acceptors (Lipinski definition) is 1. The molecule has 3 atom stereocenters. The van der Waals surface area contributed by atoms with Gasteiger partial charge in [-0.15, -0.1) is 11.6 Å². The topological polar surface area (TPSA) is 9.23 Å². The van der Waals surface area contributed by atoms with Crippen LogP contribution in [0.2, 0.25) is 0 Å². The Morgan fingerprint density at radius 1 is 1.08 bits per heavy atom. The molecule has 1 nitrogen and oxygen atoms in total. The lowest BCUT2D eigenvalue weighted by Crippen LogP contribution is -2.27. The number of hydrogen-bond donors (Lipinski definition) is 0. The molecule has 1 aliphatic carbocycles. The molecule has 0 radical (unpaired) electrons. The van der Waals surface area contributed by atoms with Crippen molar-refractivity contribution < 1.29 is 4.74 Å². The molecule has 1 saturated heterocycles. The van der Waals surface area contributed by atoms with Crippen LogP contribution in [-0.2, 0) is 4.74 Å². The summed E-state index contributed by atoms with van der Waals surface area (Å²) >= 11 is 6.31. The molecule has 0 spiro atoms. The van der Waals surface area contributed by atoms with Crippen LogP contribution in [0.15, 0.2) is 0 Å². The van der Waals surface area contributed by atoms with Crippen LogP contribution >= 0.6 is 11.6 Å². The van der Waals surface area contributed by atoms with Gasteiger partial charge in [0.1, 0.15) is 0 Å². The quantitative estimate of drug-likeness (QED) is 0.575. The lowest BCUT2D eigenvalue weighted by molar-refractivity contribution is 0.161. The van der Waals surface area contributed by atoms with E-state index in [1.54, 1.807) is 0 Å². The molecule has 0 amide bonds. The van der Waals surface area contributed by atoms with E-state index in [0.29, 0.717) is 5.38 Å². The molecule has 0 bridgehead atoms. The minimum atomic E-state index is 0.436. The molecule has 1 aliphatic heterocycles. The zero-order chi connectivity index (χ0) is 8.39. The van der Waals surface area contributed by atoms with Crippen LogP contribution in [0.25, 0.3) is 0 Å². The van der Waals surface area contributed by atoms with Gasteiger partial charge in [0.2, 0.25) is 0 Å². The average molecular weight is 189 g/mol. The Bertz CT molecular complexity index is 143. The first-order chi connectivity index (χ1) is 5.88. The molecular weight excluding hydrogens is 172 g/mol. The maximum Gasteiger partial charge on any atom is 0.0498 e. The normalized spacial score (nSPS) is 43.2. The Balaban J connectivity index is 1.91. The minimum absolute atomic E-state index is 0.436. The molecule has 1 heterocycles. The van der Waals surface area contributed by atoms with Gasteiger partial charge in [-0.3, -0.25) is 0 Å². The fourth-order valence-corrected chi connectivity index (χ4v) is 3.02. The van der Waals surface area contributed by atoms with Crippen molar-refractivity contribution in [2.24, 2.45) is 11.8 Å². The number of halogens is 1. The molecule has 12 heavy (non-hydrogen) atoms. The third-order valence-corrected chi connectivity index (χ3v) is 3.84. The first kappa shape index (κ1) is 8.83. The zero-order valence-corrected chi connectivity index (χ0v) is 8.22. The van der Waals surface area contributed by atoms with E-state index in [2.05, 4.69) is 0 Å². The van der Waals surface area contributed by atoms with Gasteiger partial charge < -0.3 is 4.74 Å². The van der Waals surface area contributed by atoms with Gasteiger partial charge in [0.05, 0.1) is 0 Å². The molecular formula is C10H17ClO. The standard InChI is InChI=1S/C10H17ClO/c11-10-4-2-1-3-9(10)8-5-6-12-7-8/h8-10H,1-7H2. The van der Waals surface area contributed by atoms with Gasteiger partial charge in [-0.05, 0) is 31.1 Å². The van der Waals surface area contributed by atoms with E-state index >= 15 is 0 Å². The summed E-state index contributed by atoms with van der Waals surface area (Å²) < 4.78 is 5.40. The van der Waals surface area contributed by atoms with Crippen molar-refractivity contribution in [1.29, 1.82) is 0 Å². The highest BCUT2D eigenvalue weighted by molar-refractivity contribution is 6.20. The van der Waals surface area contributed by atoms with Crippen molar-refractivity contribution in [3.05, 3.63) is 0 Å². The van der Waals surface area contributed by atoms with Crippen molar-refractivity contribution in [3.8, 4) is 0 Å². The molecule has 0 aromatic carbocycles.